The molecule has 1 fully saturated rings. The Kier molecular flexibility index (Phi) is 3.40. The van der Waals surface area contributed by atoms with Crippen molar-refractivity contribution in [3.05, 3.63) is 24.2 Å². The van der Waals surface area contributed by atoms with Gasteiger partial charge in [0.25, 0.3) is 0 Å². The van der Waals surface area contributed by atoms with Crippen LogP contribution in [0.2, 0.25) is 0 Å². The lowest BCUT2D eigenvalue weighted by atomic mass is 10.1. The van der Waals surface area contributed by atoms with Gasteiger partial charge in [-0.1, -0.05) is 0 Å². The number of rotatable bonds is 2. The number of hydrogen-bond acceptors (Lipinski definition) is 5. The van der Waals surface area contributed by atoms with Gasteiger partial charge in [0.15, 0.2) is 0 Å². The van der Waals surface area contributed by atoms with Crippen molar-refractivity contribution < 1.29 is 0 Å². The van der Waals surface area contributed by atoms with E-state index in [2.05, 4.69) is 20.0 Å². The van der Waals surface area contributed by atoms with Gasteiger partial charge in [0.1, 0.15) is 0 Å². The van der Waals surface area contributed by atoms with Crippen LogP contribution in [0, 0.1) is 6.92 Å². The highest BCUT2D eigenvalue weighted by molar-refractivity contribution is 5.61. The largest absolute Gasteiger partial charge is 0.339 e. The van der Waals surface area contributed by atoms with Crippen LogP contribution in [-0.2, 0) is 7.05 Å². The molecule has 0 aromatic carbocycles. The summed E-state index contributed by atoms with van der Waals surface area (Å²) in [5, 5.41) is 4.36. The Labute approximate surface area is 118 Å². The van der Waals surface area contributed by atoms with Crippen molar-refractivity contribution in [1.29, 1.82) is 0 Å². The first-order valence-corrected chi connectivity index (χ1v) is 6.97. The minimum absolute atomic E-state index is 0.219. The molecule has 1 aliphatic heterocycles. The summed E-state index contributed by atoms with van der Waals surface area (Å²) in [5.41, 5.74) is 8.98. The zero-order valence-corrected chi connectivity index (χ0v) is 12.0. The zero-order valence-electron chi connectivity index (χ0n) is 12.0. The van der Waals surface area contributed by atoms with E-state index < -0.39 is 0 Å². The SMILES string of the molecule is Cc1nn(C)cc1-c1ccnc(N2CCCC(N)C2)n1. The van der Waals surface area contributed by atoms with E-state index in [0.717, 1.165) is 48.8 Å². The van der Waals surface area contributed by atoms with Crippen LogP contribution in [-0.4, -0.2) is 38.9 Å². The first-order valence-electron chi connectivity index (χ1n) is 6.97. The molecular weight excluding hydrogens is 252 g/mol. The number of nitrogens with zero attached hydrogens (tertiary/aromatic N) is 5. The molecule has 0 radical (unpaired) electrons. The quantitative estimate of drug-likeness (QED) is 0.886. The van der Waals surface area contributed by atoms with Gasteiger partial charge in [-0.15, -0.1) is 0 Å². The lowest BCUT2D eigenvalue weighted by Crippen LogP contribution is -2.43. The molecule has 0 aliphatic carbocycles. The number of piperidine rings is 1. The minimum Gasteiger partial charge on any atom is -0.339 e. The van der Waals surface area contributed by atoms with Crippen molar-refractivity contribution in [3.63, 3.8) is 0 Å². The monoisotopic (exact) mass is 272 g/mol. The van der Waals surface area contributed by atoms with Crippen LogP contribution in [0.25, 0.3) is 11.3 Å². The number of hydrogen-bond donors (Lipinski definition) is 1. The summed E-state index contributed by atoms with van der Waals surface area (Å²) in [6.45, 7) is 3.80. The van der Waals surface area contributed by atoms with Crippen LogP contribution in [0.3, 0.4) is 0 Å². The van der Waals surface area contributed by atoms with Crippen molar-refractivity contribution in [2.24, 2.45) is 12.8 Å². The standard InChI is InChI=1S/C14H20N6/c1-10-12(9-19(2)18-10)13-5-6-16-14(17-13)20-7-3-4-11(15)8-20/h5-6,9,11H,3-4,7-8,15H2,1-2H3. The summed E-state index contributed by atoms with van der Waals surface area (Å²) in [6, 6.07) is 2.15. The Balaban J connectivity index is 1.91. The van der Waals surface area contributed by atoms with Crippen molar-refractivity contribution in [1.82, 2.24) is 19.7 Å². The molecule has 1 aliphatic rings. The molecule has 1 unspecified atom stereocenters. The highest BCUT2D eigenvalue weighted by Gasteiger charge is 2.19. The van der Waals surface area contributed by atoms with Crippen LogP contribution >= 0.6 is 0 Å². The topological polar surface area (TPSA) is 72.9 Å². The van der Waals surface area contributed by atoms with Gasteiger partial charge in [0.2, 0.25) is 5.95 Å². The number of aromatic nitrogens is 4. The summed E-state index contributed by atoms with van der Waals surface area (Å²) in [4.78, 5) is 11.2. The van der Waals surface area contributed by atoms with E-state index in [0.29, 0.717) is 0 Å². The molecule has 0 bridgehead atoms. The van der Waals surface area contributed by atoms with Crippen molar-refractivity contribution in [2.75, 3.05) is 18.0 Å². The number of aryl methyl sites for hydroxylation is 2. The fourth-order valence-electron chi connectivity index (χ4n) is 2.69. The maximum atomic E-state index is 6.03. The molecule has 106 valence electrons. The lowest BCUT2D eigenvalue weighted by molar-refractivity contribution is 0.500. The third-order valence-electron chi connectivity index (χ3n) is 3.67. The lowest BCUT2D eigenvalue weighted by Gasteiger charge is -2.30. The maximum Gasteiger partial charge on any atom is 0.225 e. The van der Waals surface area contributed by atoms with Gasteiger partial charge in [-0.05, 0) is 25.8 Å². The maximum absolute atomic E-state index is 6.03. The second-order valence-corrected chi connectivity index (χ2v) is 5.39. The van der Waals surface area contributed by atoms with Crippen LogP contribution in [0.4, 0.5) is 5.95 Å². The molecule has 0 spiro atoms. The molecule has 3 heterocycles. The van der Waals surface area contributed by atoms with Crippen LogP contribution in [0.15, 0.2) is 18.5 Å². The van der Waals surface area contributed by atoms with Gasteiger partial charge in [0.05, 0.1) is 11.4 Å². The summed E-state index contributed by atoms with van der Waals surface area (Å²) in [5.74, 6) is 0.765. The summed E-state index contributed by atoms with van der Waals surface area (Å²) < 4.78 is 1.81. The average Bonchev–Trinajstić information content (AvgIpc) is 2.78. The molecule has 3 rings (SSSR count). The molecule has 0 amide bonds. The van der Waals surface area contributed by atoms with Gasteiger partial charge in [-0.25, -0.2) is 9.97 Å². The normalized spacial score (nSPS) is 19.4. The van der Waals surface area contributed by atoms with Gasteiger partial charge in [-0.2, -0.15) is 5.10 Å². The highest BCUT2D eigenvalue weighted by atomic mass is 15.3. The van der Waals surface area contributed by atoms with Gasteiger partial charge in [0, 0.05) is 44.1 Å². The predicted molar refractivity (Wildman–Crippen MR) is 78.4 cm³/mol. The van der Waals surface area contributed by atoms with Crippen LogP contribution < -0.4 is 10.6 Å². The molecule has 2 aromatic heterocycles. The van der Waals surface area contributed by atoms with Crippen molar-refractivity contribution in [3.8, 4) is 11.3 Å². The Bertz CT molecular complexity index is 605. The first kappa shape index (κ1) is 13.1. The van der Waals surface area contributed by atoms with E-state index in [1.165, 1.54) is 0 Å². The molecule has 2 N–H and O–H groups in total. The molecular formula is C14H20N6. The van der Waals surface area contributed by atoms with Gasteiger partial charge >= 0.3 is 0 Å². The summed E-state index contributed by atoms with van der Waals surface area (Å²) >= 11 is 0. The first-order chi connectivity index (χ1) is 9.63. The number of nitrogens with two attached hydrogens (primary N) is 1. The van der Waals surface area contributed by atoms with E-state index in [9.17, 15) is 0 Å². The van der Waals surface area contributed by atoms with E-state index in [1.807, 2.05) is 37.1 Å². The van der Waals surface area contributed by atoms with Gasteiger partial charge in [-0.3, -0.25) is 4.68 Å². The Morgan fingerprint density at radius 1 is 1.40 bits per heavy atom. The van der Waals surface area contributed by atoms with Crippen LogP contribution in [0.1, 0.15) is 18.5 Å². The highest BCUT2D eigenvalue weighted by Crippen LogP contribution is 2.22. The zero-order chi connectivity index (χ0) is 14.1. The second-order valence-electron chi connectivity index (χ2n) is 5.39. The molecule has 0 saturated carbocycles. The summed E-state index contributed by atoms with van der Waals surface area (Å²) in [6.07, 6.45) is 5.98. The van der Waals surface area contributed by atoms with E-state index in [4.69, 9.17) is 5.73 Å². The Hall–Kier alpha value is -1.95. The molecule has 6 nitrogen and oxygen atoms in total. The molecule has 1 saturated heterocycles. The van der Waals surface area contributed by atoms with E-state index >= 15 is 0 Å². The Morgan fingerprint density at radius 3 is 2.95 bits per heavy atom. The van der Waals surface area contributed by atoms with E-state index in [1.54, 1.807) is 0 Å². The second kappa shape index (κ2) is 5.20. The van der Waals surface area contributed by atoms with E-state index in [-0.39, 0.29) is 6.04 Å². The van der Waals surface area contributed by atoms with Crippen molar-refractivity contribution >= 4 is 5.95 Å². The summed E-state index contributed by atoms with van der Waals surface area (Å²) in [7, 11) is 1.92. The van der Waals surface area contributed by atoms with Gasteiger partial charge < -0.3 is 10.6 Å². The Morgan fingerprint density at radius 2 is 2.25 bits per heavy atom. The molecule has 6 heteroatoms. The molecule has 20 heavy (non-hydrogen) atoms. The number of anilines is 1. The molecule has 1 atom stereocenters. The molecule has 2 aromatic rings. The fraction of sp³-hybridized carbons (Fsp3) is 0.500. The fourth-order valence-corrected chi connectivity index (χ4v) is 2.69. The van der Waals surface area contributed by atoms with Crippen molar-refractivity contribution in [2.45, 2.75) is 25.8 Å². The predicted octanol–water partition coefficient (Wildman–Crippen LogP) is 1.11. The minimum atomic E-state index is 0.219. The average molecular weight is 272 g/mol. The third-order valence-corrected chi connectivity index (χ3v) is 3.67. The smallest absolute Gasteiger partial charge is 0.225 e. The third kappa shape index (κ3) is 2.51. The van der Waals surface area contributed by atoms with Crippen LogP contribution in [0.5, 0.6) is 0 Å².